The van der Waals surface area contributed by atoms with Crippen LogP contribution < -0.4 is 5.32 Å². The van der Waals surface area contributed by atoms with Crippen molar-refractivity contribution in [2.45, 2.75) is 45.1 Å². The molecule has 0 saturated heterocycles. The van der Waals surface area contributed by atoms with E-state index in [-0.39, 0.29) is 34.4 Å². The number of hydrogen-bond donors (Lipinski definition) is 1. The third-order valence-corrected chi connectivity index (χ3v) is 6.01. The molecule has 2 rings (SSSR count). The highest BCUT2D eigenvalue weighted by Crippen LogP contribution is 2.32. The molecule has 0 spiro atoms. The molecular weight excluding hydrogens is 346 g/mol. The highest BCUT2D eigenvalue weighted by Gasteiger charge is 2.28. The first-order valence-corrected chi connectivity index (χ1v) is 10.4. The van der Waals surface area contributed by atoms with Gasteiger partial charge in [-0.05, 0) is 30.0 Å². The lowest BCUT2D eigenvalue weighted by atomic mass is 9.82. The Balaban J connectivity index is 2.05. The van der Waals surface area contributed by atoms with Gasteiger partial charge in [0.15, 0.2) is 9.84 Å². The summed E-state index contributed by atoms with van der Waals surface area (Å²) in [7, 11) is -3.47. The van der Waals surface area contributed by atoms with Crippen LogP contribution in [0, 0.1) is 12.3 Å². The Hall–Kier alpha value is -2.14. The minimum absolute atomic E-state index is 0.0599. The van der Waals surface area contributed by atoms with E-state index >= 15 is 0 Å². The minimum Gasteiger partial charge on any atom is -0.349 e. The highest BCUT2D eigenvalue weighted by atomic mass is 32.2. The number of hydrogen-bond acceptors (Lipinski definition) is 3. The number of nitrogens with one attached hydrogen (secondary N) is 1. The molecule has 0 aliphatic heterocycles. The zero-order valence-electron chi connectivity index (χ0n) is 15.8. The standard InChI is InChI=1S/C21H27NO3S/c1-16-10-12-18(13-11-16)26(24,25)15-14-19(23)22-20(21(2,3)4)17-8-6-5-7-9-17/h5-13,20H,14-15H2,1-4H3,(H,22,23). The molecule has 4 nitrogen and oxygen atoms in total. The van der Waals surface area contributed by atoms with Crippen LogP contribution in [0.4, 0.5) is 0 Å². The molecule has 0 aliphatic rings. The quantitative estimate of drug-likeness (QED) is 0.830. The van der Waals surface area contributed by atoms with Crippen LogP contribution in [0.25, 0.3) is 0 Å². The molecule has 1 atom stereocenters. The maximum atomic E-state index is 12.4. The molecular formula is C21H27NO3S. The maximum absolute atomic E-state index is 12.4. The molecule has 0 bridgehead atoms. The van der Waals surface area contributed by atoms with Gasteiger partial charge in [-0.3, -0.25) is 4.79 Å². The molecule has 0 aliphatic carbocycles. The summed E-state index contributed by atoms with van der Waals surface area (Å²) in [5.74, 6) is -0.461. The lowest BCUT2D eigenvalue weighted by Gasteiger charge is -2.32. The van der Waals surface area contributed by atoms with E-state index in [0.717, 1.165) is 11.1 Å². The third-order valence-electron chi connectivity index (χ3n) is 4.28. The maximum Gasteiger partial charge on any atom is 0.221 e. The van der Waals surface area contributed by atoms with Crippen LogP contribution in [0.15, 0.2) is 59.5 Å². The van der Waals surface area contributed by atoms with Crippen LogP contribution in [-0.4, -0.2) is 20.1 Å². The Morgan fingerprint density at radius 3 is 2.12 bits per heavy atom. The summed E-state index contributed by atoms with van der Waals surface area (Å²) in [4.78, 5) is 12.7. The van der Waals surface area contributed by atoms with Crippen molar-refractivity contribution >= 4 is 15.7 Å². The van der Waals surface area contributed by atoms with Crippen LogP contribution in [-0.2, 0) is 14.6 Å². The first-order valence-electron chi connectivity index (χ1n) is 8.73. The number of amides is 1. The molecule has 0 saturated carbocycles. The zero-order valence-corrected chi connectivity index (χ0v) is 16.6. The van der Waals surface area contributed by atoms with Crippen molar-refractivity contribution < 1.29 is 13.2 Å². The molecule has 0 radical (unpaired) electrons. The van der Waals surface area contributed by atoms with Crippen LogP contribution in [0.2, 0.25) is 0 Å². The monoisotopic (exact) mass is 373 g/mol. The van der Waals surface area contributed by atoms with E-state index in [1.165, 1.54) is 0 Å². The van der Waals surface area contributed by atoms with Crippen molar-refractivity contribution in [3.63, 3.8) is 0 Å². The van der Waals surface area contributed by atoms with E-state index in [4.69, 9.17) is 0 Å². The van der Waals surface area contributed by atoms with Gasteiger partial charge in [0, 0.05) is 6.42 Å². The van der Waals surface area contributed by atoms with E-state index < -0.39 is 9.84 Å². The van der Waals surface area contributed by atoms with Crippen LogP contribution in [0.3, 0.4) is 0 Å². The van der Waals surface area contributed by atoms with Crippen LogP contribution in [0.5, 0.6) is 0 Å². The van der Waals surface area contributed by atoms with Crippen molar-refractivity contribution in [2.24, 2.45) is 5.41 Å². The Morgan fingerprint density at radius 1 is 1.00 bits per heavy atom. The van der Waals surface area contributed by atoms with E-state index in [2.05, 4.69) is 5.32 Å². The second kappa shape index (κ2) is 8.04. The third kappa shape index (κ3) is 5.43. The van der Waals surface area contributed by atoms with Gasteiger partial charge in [-0.1, -0.05) is 68.8 Å². The molecule has 2 aromatic carbocycles. The average Bonchev–Trinajstić information content (AvgIpc) is 2.58. The summed E-state index contributed by atoms with van der Waals surface area (Å²) in [6, 6.07) is 16.3. The molecule has 1 amide bonds. The van der Waals surface area contributed by atoms with Crippen molar-refractivity contribution in [3.05, 3.63) is 65.7 Å². The first kappa shape index (κ1) is 20.2. The molecule has 0 aromatic heterocycles. The van der Waals surface area contributed by atoms with Crippen molar-refractivity contribution in [1.82, 2.24) is 5.32 Å². The molecule has 0 heterocycles. The van der Waals surface area contributed by atoms with Crippen LogP contribution in [0.1, 0.15) is 44.4 Å². The topological polar surface area (TPSA) is 63.2 Å². The second-order valence-corrected chi connectivity index (χ2v) is 9.77. The Morgan fingerprint density at radius 2 is 1.58 bits per heavy atom. The Labute approximate surface area is 156 Å². The van der Waals surface area contributed by atoms with Crippen LogP contribution >= 0.6 is 0 Å². The lowest BCUT2D eigenvalue weighted by molar-refractivity contribution is -0.122. The molecule has 0 fully saturated rings. The second-order valence-electron chi connectivity index (χ2n) is 7.66. The number of rotatable bonds is 6. The van der Waals surface area contributed by atoms with Gasteiger partial charge < -0.3 is 5.32 Å². The SMILES string of the molecule is Cc1ccc(S(=O)(=O)CCC(=O)NC(c2ccccc2)C(C)(C)C)cc1. The Kier molecular flexibility index (Phi) is 6.24. The van der Waals surface area contributed by atoms with Gasteiger partial charge in [0.05, 0.1) is 16.7 Å². The normalized spacial score (nSPS) is 13.2. The highest BCUT2D eigenvalue weighted by molar-refractivity contribution is 7.91. The van der Waals surface area contributed by atoms with Crippen molar-refractivity contribution in [3.8, 4) is 0 Å². The fourth-order valence-corrected chi connectivity index (χ4v) is 4.01. The van der Waals surface area contributed by atoms with E-state index in [1.54, 1.807) is 24.3 Å². The smallest absolute Gasteiger partial charge is 0.221 e. The average molecular weight is 374 g/mol. The Bertz CT molecular complexity index is 835. The number of carbonyl (C=O) groups is 1. The number of aryl methyl sites for hydroxylation is 1. The predicted octanol–water partition coefficient (Wildman–Crippen LogP) is 4.06. The molecule has 1 unspecified atom stereocenters. The number of sulfone groups is 1. The fraction of sp³-hybridized carbons (Fsp3) is 0.381. The van der Waals surface area contributed by atoms with E-state index in [9.17, 15) is 13.2 Å². The summed E-state index contributed by atoms with van der Waals surface area (Å²) in [6.07, 6.45) is -0.0599. The van der Waals surface area contributed by atoms with E-state index in [0.29, 0.717) is 0 Å². The van der Waals surface area contributed by atoms with Gasteiger partial charge in [0.1, 0.15) is 0 Å². The van der Waals surface area contributed by atoms with Gasteiger partial charge in [0.25, 0.3) is 0 Å². The van der Waals surface area contributed by atoms with Gasteiger partial charge in [-0.25, -0.2) is 8.42 Å². The summed E-state index contributed by atoms with van der Waals surface area (Å²) < 4.78 is 24.8. The predicted molar refractivity (Wildman–Crippen MR) is 105 cm³/mol. The van der Waals surface area contributed by atoms with Gasteiger partial charge >= 0.3 is 0 Å². The minimum atomic E-state index is -3.47. The molecule has 26 heavy (non-hydrogen) atoms. The largest absolute Gasteiger partial charge is 0.349 e. The summed E-state index contributed by atoms with van der Waals surface area (Å²) >= 11 is 0. The van der Waals surface area contributed by atoms with Gasteiger partial charge in [-0.15, -0.1) is 0 Å². The molecule has 1 N–H and O–H groups in total. The number of carbonyl (C=O) groups excluding carboxylic acids is 1. The molecule has 140 valence electrons. The summed E-state index contributed by atoms with van der Waals surface area (Å²) in [5, 5.41) is 3.00. The zero-order chi connectivity index (χ0) is 19.4. The van der Waals surface area contributed by atoms with Crippen molar-refractivity contribution in [2.75, 3.05) is 5.75 Å². The summed E-state index contributed by atoms with van der Waals surface area (Å²) in [5.41, 5.74) is 1.82. The molecule has 2 aromatic rings. The summed E-state index contributed by atoms with van der Waals surface area (Å²) in [6.45, 7) is 8.05. The van der Waals surface area contributed by atoms with E-state index in [1.807, 2.05) is 58.0 Å². The first-order chi connectivity index (χ1) is 12.1. The lowest BCUT2D eigenvalue weighted by Crippen LogP contribution is -2.37. The number of benzene rings is 2. The fourth-order valence-electron chi connectivity index (χ4n) is 2.77. The van der Waals surface area contributed by atoms with Gasteiger partial charge in [-0.2, -0.15) is 0 Å². The van der Waals surface area contributed by atoms with Gasteiger partial charge in [0.2, 0.25) is 5.91 Å². The molecule has 5 heteroatoms. The van der Waals surface area contributed by atoms with Crippen molar-refractivity contribution in [1.29, 1.82) is 0 Å².